The van der Waals surface area contributed by atoms with E-state index < -0.39 is 0 Å². The molecule has 2 saturated heterocycles. The van der Waals surface area contributed by atoms with Gasteiger partial charge in [0.05, 0.1) is 11.7 Å². The Morgan fingerprint density at radius 3 is 2.74 bits per heavy atom. The predicted octanol–water partition coefficient (Wildman–Crippen LogP) is 2.16. The molecule has 1 N–H and O–H groups in total. The molecular formula is C17H29N5O. The van der Waals surface area contributed by atoms with Gasteiger partial charge in [-0.3, -0.25) is 4.79 Å². The Labute approximate surface area is 138 Å². The van der Waals surface area contributed by atoms with Crippen LogP contribution in [0, 0.1) is 12.8 Å². The summed E-state index contributed by atoms with van der Waals surface area (Å²) in [5.41, 5.74) is 1.48. The van der Waals surface area contributed by atoms with Crippen LogP contribution in [0.25, 0.3) is 0 Å². The highest BCUT2D eigenvalue weighted by Gasteiger charge is 2.27. The van der Waals surface area contributed by atoms with Gasteiger partial charge in [0.2, 0.25) is 0 Å². The number of nitrogens with zero attached hydrogens (tertiary/aromatic N) is 4. The van der Waals surface area contributed by atoms with Gasteiger partial charge in [-0.25, -0.2) is 4.68 Å². The molecule has 23 heavy (non-hydrogen) atoms. The average Bonchev–Trinajstić information content (AvgIpc) is 2.82. The highest BCUT2D eigenvalue weighted by atomic mass is 16.2. The second-order valence-electron chi connectivity index (χ2n) is 6.95. The van der Waals surface area contributed by atoms with Crippen LogP contribution in [0.4, 0.5) is 0 Å². The van der Waals surface area contributed by atoms with Crippen molar-refractivity contribution in [1.82, 2.24) is 25.2 Å². The van der Waals surface area contributed by atoms with Gasteiger partial charge < -0.3 is 10.2 Å². The Balaban J connectivity index is 1.71. The zero-order chi connectivity index (χ0) is 16.2. The van der Waals surface area contributed by atoms with Crippen LogP contribution in [0.1, 0.15) is 67.7 Å². The fraction of sp³-hybridized carbons (Fsp3) is 0.824. The largest absolute Gasteiger partial charge is 0.337 e. The number of rotatable bonds is 3. The minimum atomic E-state index is 0.0689. The van der Waals surface area contributed by atoms with Crippen LogP contribution < -0.4 is 5.32 Å². The second kappa shape index (κ2) is 7.43. The zero-order valence-electron chi connectivity index (χ0n) is 14.4. The van der Waals surface area contributed by atoms with Crippen LogP contribution in [0.15, 0.2) is 0 Å². The maximum absolute atomic E-state index is 12.9. The van der Waals surface area contributed by atoms with Gasteiger partial charge in [-0.1, -0.05) is 18.6 Å². The van der Waals surface area contributed by atoms with E-state index in [4.69, 9.17) is 0 Å². The normalized spacial score (nSPS) is 23.7. The first-order valence-electron chi connectivity index (χ1n) is 9.12. The first-order chi connectivity index (χ1) is 11.2. The molecule has 0 bridgehead atoms. The summed E-state index contributed by atoms with van der Waals surface area (Å²) in [6, 6.07) is 0.374. The summed E-state index contributed by atoms with van der Waals surface area (Å²) < 4.78 is 1.97. The summed E-state index contributed by atoms with van der Waals surface area (Å²) in [6.07, 6.45) is 6.78. The molecule has 0 spiro atoms. The summed E-state index contributed by atoms with van der Waals surface area (Å²) in [6.45, 7) is 7.97. The standard InChI is InChI=1S/C17H29N5O/c1-3-14-5-4-11-21(12-8-14)17(23)16-13(2)22(20-19-16)15-6-9-18-10-7-15/h14-15,18H,3-12H2,1-2H3. The number of aromatic nitrogens is 3. The average molecular weight is 319 g/mol. The highest BCUT2D eigenvalue weighted by molar-refractivity contribution is 5.93. The zero-order valence-corrected chi connectivity index (χ0v) is 14.4. The number of likely N-dealkylation sites (tertiary alicyclic amines) is 1. The number of hydrogen-bond donors (Lipinski definition) is 1. The maximum Gasteiger partial charge on any atom is 0.276 e. The molecule has 128 valence electrons. The summed E-state index contributed by atoms with van der Waals surface area (Å²) in [4.78, 5) is 14.8. The predicted molar refractivity (Wildman–Crippen MR) is 89.4 cm³/mol. The second-order valence-corrected chi connectivity index (χ2v) is 6.95. The van der Waals surface area contributed by atoms with E-state index in [0.717, 1.165) is 63.5 Å². The summed E-state index contributed by atoms with van der Waals surface area (Å²) in [5.74, 6) is 0.832. The number of nitrogens with one attached hydrogen (secondary N) is 1. The van der Waals surface area contributed by atoms with Gasteiger partial charge in [-0.15, -0.1) is 5.10 Å². The molecule has 6 nitrogen and oxygen atoms in total. The SMILES string of the molecule is CCC1CCCN(C(=O)c2nnn(C3CCNCC3)c2C)CC1. The Kier molecular flexibility index (Phi) is 5.30. The fourth-order valence-electron chi connectivity index (χ4n) is 3.86. The van der Waals surface area contributed by atoms with Crippen molar-refractivity contribution in [3.63, 3.8) is 0 Å². The topological polar surface area (TPSA) is 63.1 Å². The molecule has 3 heterocycles. The van der Waals surface area contributed by atoms with E-state index in [0.29, 0.717) is 11.7 Å². The first-order valence-corrected chi connectivity index (χ1v) is 9.12. The fourth-order valence-corrected chi connectivity index (χ4v) is 3.86. The van der Waals surface area contributed by atoms with Gasteiger partial charge in [0.25, 0.3) is 5.91 Å². The molecule has 0 aromatic carbocycles. The lowest BCUT2D eigenvalue weighted by Crippen LogP contribution is -2.33. The molecule has 6 heteroatoms. The van der Waals surface area contributed by atoms with E-state index in [1.807, 2.05) is 16.5 Å². The first kappa shape index (κ1) is 16.4. The van der Waals surface area contributed by atoms with Crippen LogP contribution in [-0.4, -0.2) is 52.0 Å². The van der Waals surface area contributed by atoms with Crippen molar-refractivity contribution in [3.8, 4) is 0 Å². The van der Waals surface area contributed by atoms with Gasteiger partial charge in [0, 0.05) is 13.1 Å². The van der Waals surface area contributed by atoms with Crippen LogP contribution >= 0.6 is 0 Å². The maximum atomic E-state index is 12.9. The Bertz CT molecular complexity index is 535. The third-order valence-electron chi connectivity index (χ3n) is 5.50. The summed E-state index contributed by atoms with van der Waals surface area (Å²) in [5, 5.41) is 11.9. The van der Waals surface area contributed by atoms with Crippen molar-refractivity contribution < 1.29 is 4.79 Å². The van der Waals surface area contributed by atoms with E-state index >= 15 is 0 Å². The molecular weight excluding hydrogens is 290 g/mol. The van der Waals surface area contributed by atoms with Gasteiger partial charge in [-0.05, 0) is 58.0 Å². The van der Waals surface area contributed by atoms with E-state index in [1.165, 1.54) is 12.8 Å². The molecule has 2 fully saturated rings. The smallest absolute Gasteiger partial charge is 0.276 e. The molecule has 1 atom stereocenters. The molecule has 0 saturated carbocycles. The molecule has 2 aliphatic rings. The lowest BCUT2D eigenvalue weighted by Gasteiger charge is -2.24. The number of amides is 1. The van der Waals surface area contributed by atoms with Crippen molar-refractivity contribution in [3.05, 3.63) is 11.4 Å². The van der Waals surface area contributed by atoms with E-state index in [-0.39, 0.29) is 5.91 Å². The van der Waals surface area contributed by atoms with E-state index in [1.54, 1.807) is 0 Å². The summed E-state index contributed by atoms with van der Waals surface area (Å²) in [7, 11) is 0. The van der Waals surface area contributed by atoms with Gasteiger partial charge in [0.15, 0.2) is 5.69 Å². The quantitative estimate of drug-likeness (QED) is 0.927. The molecule has 3 rings (SSSR count). The van der Waals surface area contributed by atoms with Crippen molar-refractivity contribution in [2.75, 3.05) is 26.2 Å². The lowest BCUT2D eigenvalue weighted by atomic mass is 9.98. The number of carbonyl (C=O) groups excluding carboxylic acids is 1. The van der Waals surface area contributed by atoms with Gasteiger partial charge in [0.1, 0.15) is 0 Å². The molecule has 0 radical (unpaired) electrons. The number of piperidine rings is 1. The van der Waals surface area contributed by atoms with Gasteiger partial charge in [-0.2, -0.15) is 0 Å². The van der Waals surface area contributed by atoms with Crippen LogP contribution in [0.5, 0.6) is 0 Å². The molecule has 1 amide bonds. The third-order valence-corrected chi connectivity index (χ3v) is 5.50. The Hall–Kier alpha value is -1.43. The van der Waals surface area contributed by atoms with Crippen molar-refractivity contribution in [2.45, 2.75) is 58.4 Å². The highest BCUT2D eigenvalue weighted by Crippen LogP contribution is 2.23. The Morgan fingerprint density at radius 2 is 2.00 bits per heavy atom. The Morgan fingerprint density at radius 1 is 1.22 bits per heavy atom. The van der Waals surface area contributed by atoms with Crippen molar-refractivity contribution in [1.29, 1.82) is 0 Å². The molecule has 1 unspecified atom stereocenters. The van der Waals surface area contributed by atoms with E-state index in [9.17, 15) is 4.79 Å². The lowest BCUT2D eigenvalue weighted by molar-refractivity contribution is 0.0753. The third kappa shape index (κ3) is 3.57. The molecule has 1 aromatic heterocycles. The molecule has 1 aromatic rings. The van der Waals surface area contributed by atoms with Crippen LogP contribution in [-0.2, 0) is 0 Å². The van der Waals surface area contributed by atoms with Crippen LogP contribution in [0.2, 0.25) is 0 Å². The number of hydrogen-bond acceptors (Lipinski definition) is 4. The van der Waals surface area contributed by atoms with Crippen molar-refractivity contribution in [2.24, 2.45) is 5.92 Å². The van der Waals surface area contributed by atoms with E-state index in [2.05, 4.69) is 22.6 Å². The van der Waals surface area contributed by atoms with Crippen molar-refractivity contribution >= 4 is 5.91 Å². The van der Waals surface area contributed by atoms with Crippen LogP contribution in [0.3, 0.4) is 0 Å². The minimum absolute atomic E-state index is 0.0689. The number of carbonyl (C=O) groups is 1. The molecule has 2 aliphatic heterocycles. The molecule has 0 aliphatic carbocycles. The monoisotopic (exact) mass is 319 g/mol. The summed E-state index contributed by atoms with van der Waals surface area (Å²) >= 11 is 0. The minimum Gasteiger partial charge on any atom is -0.337 e. The van der Waals surface area contributed by atoms with Gasteiger partial charge >= 0.3 is 0 Å².